The molecule has 0 radical (unpaired) electrons. The predicted molar refractivity (Wildman–Crippen MR) is 93.0 cm³/mol. The minimum absolute atomic E-state index is 0.0168. The molecule has 26 heavy (non-hydrogen) atoms. The number of methoxy groups -OCH3 is 1. The normalized spacial score (nSPS) is 28.3. The molecule has 1 heterocycles. The van der Waals surface area contributed by atoms with Gasteiger partial charge in [-0.05, 0) is 37.0 Å². The Labute approximate surface area is 151 Å². The second-order valence-electron chi connectivity index (χ2n) is 6.71. The van der Waals surface area contributed by atoms with Crippen LogP contribution in [0, 0.1) is 27.9 Å². The number of nitrogens with zero attached hydrogens (tertiary/aromatic N) is 1. The van der Waals surface area contributed by atoms with E-state index in [1.54, 1.807) is 18.2 Å². The summed E-state index contributed by atoms with van der Waals surface area (Å²) < 4.78 is 10.3. The highest BCUT2D eigenvalue weighted by atomic mass is 16.6. The van der Waals surface area contributed by atoms with E-state index >= 15 is 0 Å². The number of benzene rings is 1. The number of hydrogen-bond donors (Lipinski definition) is 0. The van der Waals surface area contributed by atoms with Gasteiger partial charge in [0.2, 0.25) is 0 Å². The number of allylic oxidation sites excluding steroid dienone is 1. The lowest BCUT2D eigenvalue weighted by Crippen LogP contribution is -2.49. The molecule has 1 saturated heterocycles. The second kappa shape index (κ2) is 7.68. The Bertz CT molecular complexity index is 726. The molecule has 1 aliphatic carbocycles. The lowest BCUT2D eigenvalue weighted by atomic mass is 9.70. The highest BCUT2D eigenvalue weighted by molar-refractivity contribution is 5.96. The van der Waals surface area contributed by atoms with Gasteiger partial charge in [0.25, 0.3) is 5.69 Å². The van der Waals surface area contributed by atoms with E-state index in [-0.39, 0.29) is 23.6 Å². The van der Waals surface area contributed by atoms with Crippen LogP contribution in [0.2, 0.25) is 0 Å². The largest absolute Gasteiger partial charge is 0.468 e. The van der Waals surface area contributed by atoms with Gasteiger partial charge in [-0.25, -0.2) is 0 Å². The van der Waals surface area contributed by atoms with Gasteiger partial charge in [0.15, 0.2) is 5.92 Å². The summed E-state index contributed by atoms with van der Waals surface area (Å²) in [6, 6.07) is 6.13. The number of ether oxygens (including phenoxy) is 2. The topological polar surface area (TPSA) is 95.7 Å². The molecule has 4 atom stereocenters. The fraction of sp³-hybridized carbons (Fsp3) is 0.474. The Morgan fingerprint density at radius 3 is 2.62 bits per heavy atom. The first-order valence-electron chi connectivity index (χ1n) is 8.72. The van der Waals surface area contributed by atoms with Gasteiger partial charge >= 0.3 is 11.9 Å². The van der Waals surface area contributed by atoms with Gasteiger partial charge in [-0.1, -0.05) is 18.6 Å². The zero-order valence-electron chi connectivity index (χ0n) is 14.5. The summed E-state index contributed by atoms with van der Waals surface area (Å²) in [5, 5.41) is 10.7. The fourth-order valence-corrected chi connectivity index (χ4v) is 3.90. The Morgan fingerprint density at radius 2 is 1.96 bits per heavy atom. The molecule has 0 N–H and O–H groups in total. The number of carbonyl (C=O) groups excluding carboxylic acids is 2. The van der Waals surface area contributed by atoms with Crippen LogP contribution in [0.25, 0.3) is 6.08 Å². The van der Waals surface area contributed by atoms with Crippen molar-refractivity contribution in [2.24, 2.45) is 17.8 Å². The summed E-state index contributed by atoms with van der Waals surface area (Å²) in [5.74, 6) is -2.30. The predicted octanol–water partition coefficient (Wildman–Crippen LogP) is 3.13. The molecule has 0 bridgehead atoms. The third kappa shape index (κ3) is 3.61. The van der Waals surface area contributed by atoms with E-state index in [1.807, 2.05) is 6.08 Å². The van der Waals surface area contributed by atoms with Crippen LogP contribution in [0.1, 0.15) is 31.2 Å². The molecule has 1 saturated carbocycles. The summed E-state index contributed by atoms with van der Waals surface area (Å²) in [6.07, 6.45) is 7.24. The van der Waals surface area contributed by atoms with Crippen molar-refractivity contribution in [2.45, 2.75) is 31.8 Å². The molecular weight excluding hydrogens is 338 g/mol. The van der Waals surface area contributed by atoms with Crippen LogP contribution < -0.4 is 0 Å². The van der Waals surface area contributed by atoms with Crippen molar-refractivity contribution >= 4 is 23.7 Å². The number of non-ortho nitro benzene ring substituents is 1. The zero-order chi connectivity index (χ0) is 18.7. The van der Waals surface area contributed by atoms with E-state index in [2.05, 4.69) is 0 Å². The van der Waals surface area contributed by atoms with Crippen molar-refractivity contribution in [3.05, 3.63) is 46.0 Å². The molecule has 1 aliphatic heterocycles. The van der Waals surface area contributed by atoms with Crippen LogP contribution in [-0.4, -0.2) is 30.1 Å². The van der Waals surface area contributed by atoms with Gasteiger partial charge in [0.05, 0.1) is 12.0 Å². The Kier molecular flexibility index (Phi) is 5.35. The smallest absolute Gasteiger partial charge is 0.321 e. The maximum atomic E-state index is 12.4. The van der Waals surface area contributed by atoms with Crippen LogP contribution in [0.15, 0.2) is 30.3 Å². The summed E-state index contributed by atoms with van der Waals surface area (Å²) >= 11 is 0. The molecule has 2 aliphatic rings. The number of esters is 2. The minimum Gasteiger partial charge on any atom is -0.468 e. The van der Waals surface area contributed by atoms with Crippen molar-refractivity contribution in [2.75, 3.05) is 7.11 Å². The molecule has 0 amide bonds. The Balaban J connectivity index is 1.87. The number of rotatable bonds is 4. The molecule has 0 unspecified atom stereocenters. The molecular formula is C19H21NO6. The van der Waals surface area contributed by atoms with Crippen LogP contribution >= 0.6 is 0 Å². The molecule has 0 aromatic heterocycles. The number of nitro groups is 1. The standard InChI is InChI=1S/C19H21NO6/c1-25-18(21)17-15(14-4-2-3-5-16(14)26-19(17)22)11-8-12-6-9-13(10-7-12)20(23)24/h6-11,14-17H,2-5H2,1H3/b11-8+/t14-,15-,16-,17-/m0/s1. The minimum atomic E-state index is -0.964. The number of hydrogen-bond acceptors (Lipinski definition) is 6. The van der Waals surface area contributed by atoms with Crippen molar-refractivity contribution in [3.63, 3.8) is 0 Å². The number of fused-ring (bicyclic) bond motifs is 1. The van der Waals surface area contributed by atoms with Crippen LogP contribution in [0.5, 0.6) is 0 Å². The summed E-state index contributed by atoms with van der Waals surface area (Å²) in [4.78, 5) is 34.8. The third-order valence-electron chi connectivity index (χ3n) is 5.22. The molecule has 2 fully saturated rings. The molecule has 1 aromatic rings. The average Bonchev–Trinajstić information content (AvgIpc) is 2.65. The molecule has 3 rings (SSSR count). The first-order valence-corrected chi connectivity index (χ1v) is 8.72. The monoisotopic (exact) mass is 359 g/mol. The average molecular weight is 359 g/mol. The lowest BCUT2D eigenvalue weighted by Gasteiger charge is -2.42. The van der Waals surface area contributed by atoms with Crippen LogP contribution in [0.3, 0.4) is 0 Å². The highest BCUT2D eigenvalue weighted by Gasteiger charge is 2.49. The van der Waals surface area contributed by atoms with Crippen molar-refractivity contribution < 1.29 is 24.0 Å². The molecule has 7 heteroatoms. The van der Waals surface area contributed by atoms with E-state index in [1.165, 1.54) is 19.2 Å². The summed E-state index contributed by atoms with van der Waals surface area (Å²) in [6.45, 7) is 0. The van der Waals surface area contributed by atoms with Gasteiger partial charge < -0.3 is 9.47 Å². The maximum absolute atomic E-state index is 12.4. The molecule has 1 aromatic carbocycles. The van der Waals surface area contributed by atoms with Crippen molar-refractivity contribution in [1.29, 1.82) is 0 Å². The highest BCUT2D eigenvalue weighted by Crippen LogP contribution is 2.42. The zero-order valence-corrected chi connectivity index (χ0v) is 14.5. The third-order valence-corrected chi connectivity index (χ3v) is 5.22. The van der Waals surface area contributed by atoms with E-state index in [9.17, 15) is 19.7 Å². The number of carbonyl (C=O) groups is 2. The number of nitro benzene ring substituents is 1. The molecule has 0 spiro atoms. The van der Waals surface area contributed by atoms with E-state index in [4.69, 9.17) is 9.47 Å². The summed E-state index contributed by atoms with van der Waals surface area (Å²) in [5.41, 5.74) is 0.786. The van der Waals surface area contributed by atoms with Gasteiger partial charge in [0.1, 0.15) is 6.10 Å². The fourth-order valence-electron chi connectivity index (χ4n) is 3.90. The Morgan fingerprint density at radius 1 is 1.27 bits per heavy atom. The SMILES string of the molecule is COC(=O)[C@H]1C(=O)O[C@H]2CCCC[C@H]2[C@@H]1/C=C/c1ccc([N+](=O)[O-])cc1. The van der Waals surface area contributed by atoms with Crippen molar-refractivity contribution in [1.82, 2.24) is 0 Å². The van der Waals surface area contributed by atoms with Crippen LogP contribution in [-0.2, 0) is 19.1 Å². The van der Waals surface area contributed by atoms with Crippen LogP contribution in [0.4, 0.5) is 5.69 Å². The van der Waals surface area contributed by atoms with Crippen molar-refractivity contribution in [3.8, 4) is 0 Å². The van der Waals surface area contributed by atoms with Gasteiger partial charge in [-0.3, -0.25) is 19.7 Å². The lowest BCUT2D eigenvalue weighted by molar-refractivity contribution is -0.384. The first kappa shape index (κ1) is 18.1. The van der Waals surface area contributed by atoms with Gasteiger partial charge in [-0.15, -0.1) is 0 Å². The second-order valence-corrected chi connectivity index (χ2v) is 6.71. The van der Waals surface area contributed by atoms with E-state index in [0.29, 0.717) is 0 Å². The van der Waals surface area contributed by atoms with Gasteiger partial charge in [-0.2, -0.15) is 0 Å². The van der Waals surface area contributed by atoms with Gasteiger partial charge in [0, 0.05) is 24.0 Å². The first-order chi connectivity index (χ1) is 12.5. The Hall–Kier alpha value is -2.70. The maximum Gasteiger partial charge on any atom is 0.321 e. The molecule has 138 valence electrons. The van der Waals surface area contributed by atoms with E-state index < -0.39 is 22.8 Å². The molecule has 7 nitrogen and oxygen atoms in total. The van der Waals surface area contributed by atoms with E-state index in [0.717, 1.165) is 31.2 Å². The summed E-state index contributed by atoms with van der Waals surface area (Å²) in [7, 11) is 1.26. The quantitative estimate of drug-likeness (QED) is 0.355.